The van der Waals surface area contributed by atoms with Gasteiger partial charge in [0.1, 0.15) is 0 Å². The molecule has 17 heavy (non-hydrogen) atoms. The van der Waals surface area contributed by atoms with Crippen LogP contribution in [0.3, 0.4) is 0 Å². The Morgan fingerprint density at radius 1 is 1.24 bits per heavy atom. The molecule has 0 aliphatic rings. The van der Waals surface area contributed by atoms with Crippen molar-refractivity contribution in [3.8, 4) is 0 Å². The first kappa shape index (κ1) is 13.6. The largest absolute Gasteiger partial charge is 0.388 e. The lowest BCUT2D eigenvalue weighted by Crippen LogP contribution is -2.01. The number of aliphatic hydroxyl groups is 1. The maximum Gasteiger partial charge on any atom is 0.0852 e. The van der Waals surface area contributed by atoms with Crippen molar-refractivity contribution in [2.75, 3.05) is 0 Å². The Kier molecular flexibility index (Phi) is 4.66. The molecular formula is C12H9Br2ClOS. The van der Waals surface area contributed by atoms with E-state index in [1.165, 1.54) is 0 Å². The molecule has 5 heteroatoms. The zero-order valence-electron chi connectivity index (χ0n) is 8.66. The lowest BCUT2D eigenvalue weighted by molar-refractivity contribution is 0.179. The Morgan fingerprint density at radius 3 is 2.59 bits per heavy atom. The first-order chi connectivity index (χ1) is 8.06. The summed E-state index contributed by atoms with van der Waals surface area (Å²) in [5.41, 5.74) is 0.763. The normalized spacial score (nSPS) is 12.7. The van der Waals surface area contributed by atoms with E-state index in [9.17, 15) is 5.11 Å². The molecule has 0 saturated heterocycles. The highest BCUT2D eigenvalue weighted by Crippen LogP contribution is 2.31. The monoisotopic (exact) mass is 394 g/mol. The van der Waals surface area contributed by atoms with Gasteiger partial charge in [-0.25, -0.2) is 0 Å². The maximum absolute atomic E-state index is 10.1. The van der Waals surface area contributed by atoms with Crippen LogP contribution in [0.25, 0.3) is 0 Å². The molecule has 0 amide bonds. The quantitative estimate of drug-likeness (QED) is 0.756. The summed E-state index contributed by atoms with van der Waals surface area (Å²) in [6, 6.07) is 9.51. The molecule has 0 saturated carbocycles. The zero-order valence-corrected chi connectivity index (χ0v) is 13.4. The molecule has 1 heterocycles. The van der Waals surface area contributed by atoms with Crippen LogP contribution in [0.1, 0.15) is 16.5 Å². The SMILES string of the molecule is OC(Cc1ccc(Br)s1)c1ccc(Br)cc1Cl. The molecule has 0 aliphatic heterocycles. The van der Waals surface area contributed by atoms with Gasteiger partial charge in [0, 0.05) is 20.8 Å². The van der Waals surface area contributed by atoms with Crippen LogP contribution in [0.2, 0.25) is 5.02 Å². The van der Waals surface area contributed by atoms with Crippen LogP contribution in [0.5, 0.6) is 0 Å². The Balaban J connectivity index is 2.17. The van der Waals surface area contributed by atoms with E-state index < -0.39 is 6.10 Å². The Bertz CT molecular complexity index is 527. The van der Waals surface area contributed by atoms with Crippen LogP contribution < -0.4 is 0 Å². The highest BCUT2D eigenvalue weighted by Gasteiger charge is 2.13. The van der Waals surface area contributed by atoms with E-state index in [-0.39, 0.29) is 0 Å². The van der Waals surface area contributed by atoms with E-state index in [2.05, 4.69) is 31.9 Å². The standard InChI is InChI=1S/C12H9Br2ClOS/c13-7-1-3-9(10(15)5-7)11(16)6-8-2-4-12(14)17-8/h1-5,11,16H,6H2. The van der Waals surface area contributed by atoms with Crippen molar-refractivity contribution >= 4 is 54.8 Å². The van der Waals surface area contributed by atoms with Gasteiger partial charge in [-0.3, -0.25) is 0 Å². The highest BCUT2D eigenvalue weighted by molar-refractivity contribution is 9.11. The summed E-state index contributed by atoms with van der Waals surface area (Å²) in [7, 11) is 0. The molecule has 1 N–H and O–H groups in total. The van der Waals surface area contributed by atoms with Gasteiger partial charge in [0.2, 0.25) is 0 Å². The van der Waals surface area contributed by atoms with E-state index in [4.69, 9.17) is 11.6 Å². The van der Waals surface area contributed by atoms with Gasteiger partial charge in [0.15, 0.2) is 0 Å². The lowest BCUT2D eigenvalue weighted by atomic mass is 10.1. The summed E-state index contributed by atoms with van der Waals surface area (Å²) < 4.78 is 1.99. The third kappa shape index (κ3) is 3.55. The predicted octanol–water partition coefficient (Wildman–Crippen LogP) is 5.20. The molecule has 0 spiro atoms. The minimum Gasteiger partial charge on any atom is -0.388 e. The number of hydrogen-bond donors (Lipinski definition) is 1. The average molecular weight is 397 g/mol. The summed E-state index contributed by atoms with van der Waals surface area (Å²) in [6.07, 6.45) is 0.0126. The number of rotatable bonds is 3. The second-order valence-electron chi connectivity index (χ2n) is 3.59. The van der Waals surface area contributed by atoms with Crippen molar-refractivity contribution in [1.82, 2.24) is 0 Å². The van der Waals surface area contributed by atoms with E-state index in [0.29, 0.717) is 11.4 Å². The Hall–Kier alpha value is 0.130. The number of halogens is 3. The van der Waals surface area contributed by atoms with E-state index in [1.54, 1.807) is 17.4 Å². The number of thiophene rings is 1. The molecule has 1 nitrogen and oxygen atoms in total. The van der Waals surface area contributed by atoms with Gasteiger partial charge in [-0.1, -0.05) is 33.6 Å². The van der Waals surface area contributed by atoms with Crippen molar-refractivity contribution in [2.45, 2.75) is 12.5 Å². The predicted molar refractivity (Wildman–Crippen MR) is 79.8 cm³/mol. The summed E-state index contributed by atoms with van der Waals surface area (Å²) in [4.78, 5) is 1.13. The molecule has 1 atom stereocenters. The fourth-order valence-corrected chi connectivity index (χ4v) is 3.85. The third-order valence-electron chi connectivity index (χ3n) is 2.34. The van der Waals surface area contributed by atoms with Crippen molar-refractivity contribution in [3.05, 3.63) is 54.1 Å². The van der Waals surface area contributed by atoms with Crippen molar-refractivity contribution in [1.29, 1.82) is 0 Å². The highest BCUT2D eigenvalue weighted by atomic mass is 79.9. The maximum atomic E-state index is 10.1. The fraction of sp³-hybridized carbons (Fsp3) is 0.167. The molecule has 2 rings (SSSR count). The third-order valence-corrected chi connectivity index (χ3v) is 4.81. The van der Waals surface area contributed by atoms with Gasteiger partial charge >= 0.3 is 0 Å². The number of benzene rings is 1. The summed E-state index contributed by atoms with van der Waals surface area (Å²) in [6.45, 7) is 0. The number of aliphatic hydroxyl groups excluding tert-OH is 1. The van der Waals surface area contributed by atoms with Gasteiger partial charge in [0.05, 0.1) is 9.89 Å². The van der Waals surface area contributed by atoms with Gasteiger partial charge in [0.25, 0.3) is 0 Å². The topological polar surface area (TPSA) is 20.2 Å². The zero-order chi connectivity index (χ0) is 12.4. The molecule has 90 valence electrons. The molecule has 1 aromatic carbocycles. The summed E-state index contributed by atoms with van der Waals surface area (Å²) >= 11 is 14.5. The smallest absolute Gasteiger partial charge is 0.0852 e. The first-order valence-electron chi connectivity index (χ1n) is 4.93. The second kappa shape index (κ2) is 5.85. The molecule has 0 bridgehead atoms. The van der Waals surface area contributed by atoms with E-state index in [1.807, 2.05) is 24.3 Å². The van der Waals surface area contributed by atoms with Crippen LogP contribution in [-0.4, -0.2) is 5.11 Å². The minimum atomic E-state index is -0.568. The van der Waals surface area contributed by atoms with E-state index >= 15 is 0 Å². The Labute approximate surface area is 126 Å². The average Bonchev–Trinajstić information content (AvgIpc) is 2.63. The molecule has 2 aromatic rings. The summed E-state index contributed by atoms with van der Waals surface area (Å²) in [5.74, 6) is 0. The molecule has 0 aliphatic carbocycles. The lowest BCUT2D eigenvalue weighted by Gasteiger charge is -2.11. The molecule has 0 fully saturated rings. The van der Waals surface area contributed by atoms with Crippen molar-refractivity contribution in [3.63, 3.8) is 0 Å². The summed E-state index contributed by atoms with van der Waals surface area (Å²) in [5, 5.41) is 10.7. The first-order valence-corrected chi connectivity index (χ1v) is 7.71. The van der Waals surface area contributed by atoms with Crippen molar-refractivity contribution < 1.29 is 5.11 Å². The van der Waals surface area contributed by atoms with Crippen LogP contribution in [-0.2, 0) is 6.42 Å². The van der Waals surface area contributed by atoms with Crippen LogP contribution in [0.15, 0.2) is 38.6 Å². The number of hydrogen-bond acceptors (Lipinski definition) is 2. The van der Waals surface area contributed by atoms with Gasteiger partial charge in [-0.05, 0) is 45.8 Å². The van der Waals surface area contributed by atoms with Crippen LogP contribution in [0.4, 0.5) is 0 Å². The fourth-order valence-electron chi connectivity index (χ4n) is 1.53. The van der Waals surface area contributed by atoms with Crippen molar-refractivity contribution in [2.24, 2.45) is 0 Å². The van der Waals surface area contributed by atoms with Crippen LogP contribution in [0, 0.1) is 0 Å². The minimum absolute atomic E-state index is 0.568. The second-order valence-corrected chi connectivity index (χ2v) is 7.46. The van der Waals surface area contributed by atoms with Gasteiger partial charge in [-0.2, -0.15) is 0 Å². The van der Waals surface area contributed by atoms with Crippen LogP contribution >= 0.6 is 54.8 Å². The van der Waals surface area contributed by atoms with E-state index in [0.717, 1.165) is 18.7 Å². The Morgan fingerprint density at radius 2 is 2.00 bits per heavy atom. The van der Waals surface area contributed by atoms with Gasteiger partial charge in [-0.15, -0.1) is 11.3 Å². The molecule has 0 radical (unpaired) electrons. The molecular weight excluding hydrogens is 387 g/mol. The molecule has 1 aromatic heterocycles. The van der Waals surface area contributed by atoms with Gasteiger partial charge < -0.3 is 5.11 Å². The molecule has 1 unspecified atom stereocenters.